The number of primary amides is 1. The van der Waals surface area contributed by atoms with Crippen molar-refractivity contribution in [2.75, 3.05) is 13.1 Å². The van der Waals surface area contributed by atoms with Crippen LogP contribution in [0.2, 0.25) is 0 Å². The minimum Gasteiger partial charge on any atom is -0.352 e. The van der Waals surface area contributed by atoms with E-state index < -0.39 is 6.03 Å². The van der Waals surface area contributed by atoms with E-state index in [-0.39, 0.29) is 11.9 Å². The molecule has 2 heterocycles. The topological polar surface area (TPSA) is 80.4 Å². The van der Waals surface area contributed by atoms with E-state index in [0.717, 1.165) is 31.3 Å². The van der Waals surface area contributed by atoms with Gasteiger partial charge in [0.05, 0.1) is 0 Å². The molecular weight excluding hydrogens is 304 g/mol. The number of aromatic nitrogens is 1. The summed E-state index contributed by atoms with van der Waals surface area (Å²) in [6.45, 7) is 1.86. The molecule has 128 valence electrons. The van der Waals surface area contributed by atoms with Crippen LogP contribution in [-0.4, -0.2) is 40.5 Å². The van der Waals surface area contributed by atoms with Gasteiger partial charge >= 0.3 is 6.03 Å². The zero-order chi connectivity index (χ0) is 16.9. The molecule has 3 rings (SSSR count). The van der Waals surface area contributed by atoms with Gasteiger partial charge in [-0.3, -0.25) is 4.79 Å². The van der Waals surface area contributed by atoms with Crippen LogP contribution in [0.25, 0.3) is 10.9 Å². The first kappa shape index (κ1) is 16.4. The standard InChI is InChI=1S/C18H24N4O2/c19-18(24)20-13-15-6-3-4-10-22(15)17(23)9-12-21-11-8-14-5-1-2-7-16(14)21/h1-2,5,7-8,11,15H,3-4,6,9-10,12-13H2,(H3,19,20,24)/t15-/m0/s1. The number of nitrogens with two attached hydrogens (primary N) is 1. The van der Waals surface area contributed by atoms with Gasteiger partial charge in [0.2, 0.25) is 5.91 Å². The Kier molecular flexibility index (Phi) is 5.03. The number of fused-ring (bicyclic) bond motifs is 1. The number of para-hydroxylation sites is 1. The van der Waals surface area contributed by atoms with Crippen LogP contribution in [0.5, 0.6) is 0 Å². The van der Waals surface area contributed by atoms with E-state index >= 15 is 0 Å². The van der Waals surface area contributed by atoms with Crippen molar-refractivity contribution in [1.29, 1.82) is 0 Å². The molecule has 0 bridgehead atoms. The summed E-state index contributed by atoms with van der Waals surface area (Å²) >= 11 is 0. The van der Waals surface area contributed by atoms with Crippen LogP contribution < -0.4 is 11.1 Å². The molecule has 2 aromatic rings. The van der Waals surface area contributed by atoms with Crippen molar-refractivity contribution in [2.24, 2.45) is 5.73 Å². The summed E-state index contributed by atoms with van der Waals surface area (Å²) < 4.78 is 2.12. The summed E-state index contributed by atoms with van der Waals surface area (Å²) in [5.41, 5.74) is 6.30. The van der Waals surface area contributed by atoms with Gasteiger partial charge in [0, 0.05) is 43.8 Å². The number of rotatable bonds is 5. The second-order valence-corrected chi connectivity index (χ2v) is 6.30. The lowest BCUT2D eigenvalue weighted by molar-refractivity contribution is -0.135. The van der Waals surface area contributed by atoms with Gasteiger partial charge in [-0.05, 0) is 36.8 Å². The molecule has 3 amide bonds. The average Bonchev–Trinajstić information content (AvgIpc) is 3.01. The molecule has 1 fully saturated rings. The number of likely N-dealkylation sites (tertiary alicyclic amines) is 1. The number of urea groups is 1. The number of hydrogen-bond acceptors (Lipinski definition) is 2. The van der Waals surface area contributed by atoms with E-state index in [1.807, 2.05) is 23.2 Å². The Morgan fingerprint density at radius 2 is 2.04 bits per heavy atom. The van der Waals surface area contributed by atoms with E-state index in [4.69, 9.17) is 5.73 Å². The molecule has 1 aromatic carbocycles. The Hall–Kier alpha value is -2.50. The number of nitrogens with one attached hydrogen (secondary N) is 1. The van der Waals surface area contributed by atoms with Gasteiger partial charge in [-0.25, -0.2) is 4.79 Å². The largest absolute Gasteiger partial charge is 0.352 e. The minimum absolute atomic E-state index is 0.0557. The van der Waals surface area contributed by atoms with Crippen LogP contribution in [0.4, 0.5) is 4.79 Å². The number of nitrogens with zero attached hydrogens (tertiary/aromatic N) is 2. The molecular formula is C18H24N4O2. The summed E-state index contributed by atoms with van der Waals surface area (Å²) in [6, 6.07) is 9.76. The number of piperidine rings is 1. The van der Waals surface area contributed by atoms with Gasteiger partial charge in [0.1, 0.15) is 0 Å². The smallest absolute Gasteiger partial charge is 0.312 e. The number of hydrogen-bond donors (Lipinski definition) is 2. The third kappa shape index (κ3) is 3.69. The Labute approximate surface area is 141 Å². The summed E-state index contributed by atoms with van der Waals surface area (Å²) in [7, 11) is 0. The van der Waals surface area contributed by atoms with Gasteiger partial charge in [-0.15, -0.1) is 0 Å². The first-order valence-electron chi connectivity index (χ1n) is 8.52. The molecule has 1 aliphatic heterocycles. The second kappa shape index (κ2) is 7.38. The Balaban J connectivity index is 1.61. The lowest BCUT2D eigenvalue weighted by atomic mass is 10.0. The summed E-state index contributed by atoms with van der Waals surface area (Å²) in [4.78, 5) is 25.5. The number of carbonyl (C=O) groups is 2. The van der Waals surface area contributed by atoms with Crippen LogP contribution in [0.3, 0.4) is 0 Å². The van der Waals surface area contributed by atoms with Crippen molar-refractivity contribution in [1.82, 2.24) is 14.8 Å². The fraction of sp³-hybridized carbons (Fsp3) is 0.444. The van der Waals surface area contributed by atoms with Crippen molar-refractivity contribution >= 4 is 22.8 Å². The van der Waals surface area contributed by atoms with Crippen LogP contribution in [0.1, 0.15) is 25.7 Å². The molecule has 1 atom stereocenters. The predicted octanol–water partition coefficient (Wildman–Crippen LogP) is 2.08. The van der Waals surface area contributed by atoms with Gasteiger partial charge in [-0.1, -0.05) is 18.2 Å². The first-order chi connectivity index (χ1) is 11.6. The highest BCUT2D eigenvalue weighted by Gasteiger charge is 2.26. The number of carbonyl (C=O) groups excluding carboxylic acids is 2. The van der Waals surface area contributed by atoms with Crippen LogP contribution in [0, 0.1) is 0 Å². The molecule has 1 aromatic heterocycles. The van der Waals surface area contributed by atoms with E-state index in [0.29, 0.717) is 19.5 Å². The average molecular weight is 328 g/mol. The number of amides is 3. The fourth-order valence-electron chi connectivity index (χ4n) is 3.45. The van der Waals surface area contributed by atoms with Crippen molar-refractivity contribution in [3.8, 4) is 0 Å². The number of aryl methyl sites for hydroxylation is 1. The van der Waals surface area contributed by atoms with Crippen molar-refractivity contribution in [2.45, 2.75) is 38.3 Å². The highest BCUT2D eigenvalue weighted by molar-refractivity contribution is 5.81. The molecule has 24 heavy (non-hydrogen) atoms. The van der Waals surface area contributed by atoms with Crippen molar-refractivity contribution < 1.29 is 9.59 Å². The monoisotopic (exact) mass is 328 g/mol. The molecule has 0 spiro atoms. The zero-order valence-electron chi connectivity index (χ0n) is 13.8. The van der Waals surface area contributed by atoms with E-state index in [1.54, 1.807) is 0 Å². The first-order valence-corrected chi connectivity index (χ1v) is 8.52. The maximum absolute atomic E-state index is 12.7. The lowest BCUT2D eigenvalue weighted by Gasteiger charge is -2.36. The van der Waals surface area contributed by atoms with Gasteiger partial charge in [0.25, 0.3) is 0 Å². The quantitative estimate of drug-likeness (QED) is 0.881. The summed E-state index contributed by atoms with van der Waals surface area (Å²) in [5.74, 6) is 0.142. The highest BCUT2D eigenvalue weighted by atomic mass is 16.2. The maximum atomic E-state index is 12.7. The molecule has 6 nitrogen and oxygen atoms in total. The maximum Gasteiger partial charge on any atom is 0.312 e. The Bertz CT molecular complexity index is 725. The predicted molar refractivity (Wildman–Crippen MR) is 93.5 cm³/mol. The van der Waals surface area contributed by atoms with Gasteiger partial charge in [0.15, 0.2) is 0 Å². The lowest BCUT2D eigenvalue weighted by Crippen LogP contribution is -2.50. The minimum atomic E-state index is -0.535. The highest BCUT2D eigenvalue weighted by Crippen LogP contribution is 2.19. The summed E-state index contributed by atoms with van der Waals surface area (Å²) in [6.07, 6.45) is 5.51. The summed E-state index contributed by atoms with van der Waals surface area (Å²) in [5, 5.41) is 3.82. The SMILES string of the molecule is NC(=O)NC[C@@H]1CCCCN1C(=O)CCn1ccc2ccccc21. The van der Waals surface area contributed by atoms with Gasteiger partial charge in [-0.2, -0.15) is 0 Å². The second-order valence-electron chi connectivity index (χ2n) is 6.30. The zero-order valence-corrected chi connectivity index (χ0v) is 13.8. The third-order valence-electron chi connectivity index (χ3n) is 4.71. The molecule has 1 aliphatic rings. The van der Waals surface area contributed by atoms with Crippen LogP contribution in [-0.2, 0) is 11.3 Å². The Morgan fingerprint density at radius 3 is 2.88 bits per heavy atom. The van der Waals surface area contributed by atoms with Crippen LogP contribution in [0.15, 0.2) is 36.5 Å². The molecule has 0 radical (unpaired) electrons. The molecule has 0 aliphatic carbocycles. The number of benzene rings is 1. The van der Waals surface area contributed by atoms with E-state index in [1.165, 1.54) is 5.39 Å². The molecule has 0 unspecified atom stereocenters. The van der Waals surface area contributed by atoms with Crippen LogP contribution >= 0.6 is 0 Å². The fourth-order valence-corrected chi connectivity index (χ4v) is 3.45. The van der Waals surface area contributed by atoms with E-state index in [9.17, 15) is 9.59 Å². The Morgan fingerprint density at radius 1 is 1.21 bits per heavy atom. The normalized spacial score (nSPS) is 17.8. The van der Waals surface area contributed by atoms with Crippen molar-refractivity contribution in [3.63, 3.8) is 0 Å². The third-order valence-corrected chi connectivity index (χ3v) is 4.71. The van der Waals surface area contributed by atoms with Gasteiger partial charge < -0.3 is 20.5 Å². The molecule has 0 saturated carbocycles. The molecule has 1 saturated heterocycles. The van der Waals surface area contributed by atoms with Crippen molar-refractivity contribution in [3.05, 3.63) is 36.5 Å². The molecule has 3 N–H and O–H groups in total. The van der Waals surface area contributed by atoms with E-state index in [2.05, 4.69) is 28.1 Å². The molecule has 6 heteroatoms.